The number of rotatable bonds is 4. The number of nitrogen functional groups attached to an aromatic ring is 1. The molecule has 2 aromatic rings. The van der Waals surface area contributed by atoms with Crippen molar-refractivity contribution >= 4 is 17.1 Å². The van der Waals surface area contributed by atoms with Crippen LogP contribution in [0.4, 0.5) is 5.95 Å². The lowest BCUT2D eigenvalue weighted by molar-refractivity contribution is 0.112. The van der Waals surface area contributed by atoms with Gasteiger partial charge in [-0.05, 0) is 27.9 Å². The maximum atomic E-state index is 5.74. The molecule has 0 atom stereocenters. The van der Waals surface area contributed by atoms with Crippen molar-refractivity contribution in [2.45, 2.75) is 19.4 Å². The van der Waals surface area contributed by atoms with E-state index in [2.05, 4.69) is 38.7 Å². The van der Waals surface area contributed by atoms with Gasteiger partial charge in [-0.3, -0.25) is 0 Å². The fourth-order valence-corrected chi connectivity index (χ4v) is 1.30. The van der Waals surface area contributed by atoms with E-state index in [0.717, 1.165) is 0 Å². The van der Waals surface area contributed by atoms with Gasteiger partial charge in [-0.2, -0.15) is 9.97 Å². The van der Waals surface area contributed by atoms with Crippen LogP contribution in [-0.2, 0) is 0 Å². The molecule has 2 rings (SSSR count). The molecule has 0 aliphatic rings. The van der Waals surface area contributed by atoms with E-state index in [0.29, 0.717) is 23.7 Å². The van der Waals surface area contributed by atoms with Crippen molar-refractivity contribution in [3.05, 3.63) is 6.33 Å². The van der Waals surface area contributed by atoms with Gasteiger partial charge in [-0.15, -0.1) is 0 Å². The minimum absolute atomic E-state index is 0.105. The molecule has 0 spiro atoms. The summed E-state index contributed by atoms with van der Waals surface area (Å²) in [6.07, 6.45) is 1.54. The Kier molecular flexibility index (Phi) is 3.08. The predicted octanol–water partition coefficient (Wildman–Crippen LogP) is 0.654. The first-order valence-electron chi connectivity index (χ1n) is 5.67. The third-order valence-electron chi connectivity index (χ3n) is 3.04. The Morgan fingerprint density at radius 2 is 2.11 bits per heavy atom. The molecule has 0 aliphatic carbocycles. The zero-order valence-electron chi connectivity index (χ0n) is 11.1. The maximum Gasteiger partial charge on any atom is 0.245 e. The minimum atomic E-state index is -0.105. The van der Waals surface area contributed by atoms with Crippen LogP contribution in [0.5, 0.6) is 5.88 Å². The fourth-order valence-electron chi connectivity index (χ4n) is 1.30. The normalized spacial score (nSPS) is 12.3. The molecule has 0 bridgehead atoms. The van der Waals surface area contributed by atoms with Crippen molar-refractivity contribution < 1.29 is 4.74 Å². The molecule has 2 heterocycles. The van der Waals surface area contributed by atoms with Gasteiger partial charge in [0.2, 0.25) is 11.8 Å². The van der Waals surface area contributed by atoms with Crippen LogP contribution >= 0.6 is 0 Å². The average molecular weight is 250 g/mol. The van der Waals surface area contributed by atoms with Crippen LogP contribution in [0.2, 0.25) is 0 Å². The van der Waals surface area contributed by atoms with E-state index < -0.39 is 0 Å². The number of hydrogen-bond donors (Lipinski definition) is 2. The van der Waals surface area contributed by atoms with Crippen molar-refractivity contribution in [2.24, 2.45) is 0 Å². The van der Waals surface area contributed by atoms with Crippen LogP contribution in [0.25, 0.3) is 11.2 Å². The number of ether oxygens (including phenoxy) is 1. The van der Waals surface area contributed by atoms with Gasteiger partial charge >= 0.3 is 0 Å². The predicted molar refractivity (Wildman–Crippen MR) is 69.4 cm³/mol. The second-order valence-corrected chi connectivity index (χ2v) is 4.98. The third-order valence-corrected chi connectivity index (χ3v) is 3.04. The lowest BCUT2D eigenvalue weighted by atomic mass is 10.1. The van der Waals surface area contributed by atoms with Crippen molar-refractivity contribution in [2.75, 3.05) is 26.4 Å². The van der Waals surface area contributed by atoms with Crippen molar-refractivity contribution in [1.82, 2.24) is 24.8 Å². The Balaban J connectivity index is 2.24. The van der Waals surface area contributed by atoms with E-state index in [1.165, 1.54) is 0 Å². The Labute approximate surface area is 105 Å². The molecule has 0 amide bonds. The number of nitrogens with zero attached hydrogens (tertiary/aromatic N) is 4. The lowest BCUT2D eigenvalue weighted by Crippen LogP contribution is -2.43. The number of imidazole rings is 1. The molecule has 0 aliphatic heterocycles. The summed E-state index contributed by atoms with van der Waals surface area (Å²) in [7, 11) is 4.01. The Hall–Kier alpha value is -1.89. The smallest absolute Gasteiger partial charge is 0.245 e. The standard InChI is InChI=1S/C11H18N6O/c1-11(2,17(3)4)5-18-9-7-8(14-6-13-7)15-10(12)16-9/h6H,5H2,1-4H3,(H3,12,13,14,15,16). The highest BCUT2D eigenvalue weighted by Crippen LogP contribution is 2.21. The molecule has 0 unspecified atom stereocenters. The summed E-state index contributed by atoms with van der Waals surface area (Å²) in [5, 5.41) is 0. The zero-order chi connectivity index (χ0) is 13.3. The first-order valence-corrected chi connectivity index (χ1v) is 5.67. The number of aromatic amines is 1. The second-order valence-electron chi connectivity index (χ2n) is 4.98. The third kappa shape index (κ3) is 2.35. The summed E-state index contributed by atoms with van der Waals surface area (Å²) >= 11 is 0. The maximum absolute atomic E-state index is 5.74. The van der Waals surface area contributed by atoms with E-state index in [1.54, 1.807) is 6.33 Å². The summed E-state index contributed by atoms with van der Waals surface area (Å²) in [5.41, 5.74) is 6.69. The van der Waals surface area contributed by atoms with Gasteiger partial charge in [0, 0.05) is 5.54 Å². The van der Waals surface area contributed by atoms with Crippen LogP contribution in [-0.4, -0.2) is 51.1 Å². The highest BCUT2D eigenvalue weighted by Gasteiger charge is 2.22. The number of nitrogens with two attached hydrogens (primary N) is 1. The highest BCUT2D eigenvalue weighted by molar-refractivity contribution is 5.76. The molecule has 7 heteroatoms. The minimum Gasteiger partial charge on any atom is -0.474 e. The van der Waals surface area contributed by atoms with Crippen LogP contribution < -0.4 is 10.5 Å². The van der Waals surface area contributed by atoms with Crippen LogP contribution in [0.1, 0.15) is 13.8 Å². The second kappa shape index (κ2) is 4.41. The summed E-state index contributed by atoms with van der Waals surface area (Å²) in [6, 6.07) is 0. The van der Waals surface area contributed by atoms with E-state index in [1.807, 2.05) is 14.1 Å². The molecule has 0 aromatic carbocycles. The van der Waals surface area contributed by atoms with Crippen molar-refractivity contribution in [3.8, 4) is 5.88 Å². The van der Waals surface area contributed by atoms with Gasteiger partial charge in [0.25, 0.3) is 0 Å². The lowest BCUT2D eigenvalue weighted by Gasteiger charge is -2.31. The first kappa shape index (κ1) is 12.6. The number of nitrogens with one attached hydrogen (secondary N) is 1. The van der Waals surface area contributed by atoms with Gasteiger partial charge in [0.15, 0.2) is 5.65 Å². The van der Waals surface area contributed by atoms with Crippen LogP contribution in [0.15, 0.2) is 6.33 Å². The molecule has 2 aromatic heterocycles. The van der Waals surface area contributed by atoms with Gasteiger partial charge in [0.1, 0.15) is 12.1 Å². The largest absolute Gasteiger partial charge is 0.474 e. The number of hydrogen-bond acceptors (Lipinski definition) is 6. The Bertz CT molecular complexity index is 547. The molecule has 98 valence electrons. The topological polar surface area (TPSA) is 92.9 Å². The molecular weight excluding hydrogens is 232 g/mol. The number of aromatic nitrogens is 4. The number of likely N-dealkylation sites (N-methyl/N-ethyl adjacent to an activating group) is 1. The van der Waals surface area contributed by atoms with E-state index in [-0.39, 0.29) is 11.5 Å². The Morgan fingerprint density at radius 1 is 1.39 bits per heavy atom. The van der Waals surface area contributed by atoms with Crippen molar-refractivity contribution in [3.63, 3.8) is 0 Å². The number of H-pyrrole nitrogens is 1. The summed E-state index contributed by atoms with van der Waals surface area (Å²) in [5.74, 6) is 0.595. The fraction of sp³-hybridized carbons (Fsp3) is 0.545. The SMILES string of the molecule is CN(C)C(C)(C)COc1nc(N)nc2nc[nH]c12. The van der Waals surface area contributed by atoms with Crippen molar-refractivity contribution in [1.29, 1.82) is 0 Å². The van der Waals surface area contributed by atoms with Crippen LogP contribution in [0, 0.1) is 0 Å². The molecule has 0 radical (unpaired) electrons. The molecular formula is C11H18N6O. The van der Waals surface area contributed by atoms with Gasteiger partial charge in [-0.1, -0.05) is 0 Å². The summed E-state index contributed by atoms with van der Waals surface area (Å²) in [4.78, 5) is 17.2. The quantitative estimate of drug-likeness (QED) is 0.827. The summed E-state index contributed by atoms with van der Waals surface area (Å²) in [6.45, 7) is 4.66. The molecule has 0 fully saturated rings. The molecule has 7 nitrogen and oxygen atoms in total. The Morgan fingerprint density at radius 3 is 2.78 bits per heavy atom. The van der Waals surface area contributed by atoms with Crippen LogP contribution in [0.3, 0.4) is 0 Å². The van der Waals surface area contributed by atoms with E-state index >= 15 is 0 Å². The highest BCUT2D eigenvalue weighted by atomic mass is 16.5. The molecule has 0 saturated heterocycles. The van der Waals surface area contributed by atoms with E-state index in [4.69, 9.17) is 10.5 Å². The number of anilines is 1. The van der Waals surface area contributed by atoms with Gasteiger partial charge in [-0.25, -0.2) is 4.98 Å². The molecule has 0 saturated carbocycles. The molecule has 3 N–H and O–H groups in total. The monoisotopic (exact) mass is 250 g/mol. The van der Waals surface area contributed by atoms with E-state index in [9.17, 15) is 0 Å². The first-order chi connectivity index (χ1) is 8.40. The van der Waals surface area contributed by atoms with Gasteiger partial charge in [0.05, 0.1) is 6.33 Å². The van der Waals surface area contributed by atoms with Gasteiger partial charge < -0.3 is 20.4 Å². The number of fused-ring (bicyclic) bond motifs is 1. The molecule has 18 heavy (non-hydrogen) atoms. The average Bonchev–Trinajstić information content (AvgIpc) is 2.73. The zero-order valence-corrected chi connectivity index (χ0v) is 11.1. The summed E-state index contributed by atoms with van der Waals surface area (Å²) < 4.78 is 5.74.